The SMILES string of the molecule is Cc1cccn2c(=O)cc(CSc3nnc(NC(=O)Nc4ccc(Cl)cc4)s3)nc12. The van der Waals surface area contributed by atoms with Crippen molar-refractivity contribution < 1.29 is 4.79 Å². The second-order valence-electron chi connectivity index (χ2n) is 6.22. The van der Waals surface area contributed by atoms with E-state index in [1.54, 1.807) is 30.5 Å². The van der Waals surface area contributed by atoms with Crippen LogP contribution in [0.3, 0.4) is 0 Å². The molecule has 0 atom stereocenters. The molecule has 30 heavy (non-hydrogen) atoms. The van der Waals surface area contributed by atoms with E-state index in [9.17, 15) is 9.59 Å². The largest absolute Gasteiger partial charge is 0.325 e. The number of aryl methyl sites for hydroxylation is 1. The number of fused-ring (bicyclic) bond motifs is 1. The number of carbonyl (C=O) groups excluding carboxylic acids is 1. The minimum Gasteiger partial charge on any atom is -0.308 e. The van der Waals surface area contributed by atoms with Gasteiger partial charge < -0.3 is 5.32 Å². The van der Waals surface area contributed by atoms with Gasteiger partial charge in [0.2, 0.25) is 5.13 Å². The standard InChI is InChI=1S/C19H15ClN6O2S2/c1-11-3-2-8-26-15(27)9-14(21-16(11)26)10-29-19-25-24-18(30-19)23-17(28)22-13-6-4-12(20)5-7-13/h2-9H,10H2,1H3,(H2,22,23,24,28). The molecule has 11 heteroatoms. The Morgan fingerprint density at radius 1 is 1.20 bits per heavy atom. The number of nitrogens with one attached hydrogen (secondary N) is 2. The van der Waals surface area contributed by atoms with Crippen LogP contribution in [-0.4, -0.2) is 25.6 Å². The average molecular weight is 459 g/mol. The summed E-state index contributed by atoms with van der Waals surface area (Å²) in [4.78, 5) is 28.9. The van der Waals surface area contributed by atoms with E-state index in [1.165, 1.54) is 33.6 Å². The number of urea groups is 1. The van der Waals surface area contributed by atoms with Gasteiger partial charge in [0, 0.05) is 28.7 Å². The predicted molar refractivity (Wildman–Crippen MR) is 120 cm³/mol. The number of thioether (sulfide) groups is 1. The summed E-state index contributed by atoms with van der Waals surface area (Å²) in [5.74, 6) is 0.464. The summed E-state index contributed by atoms with van der Waals surface area (Å²) in [5, 5.41) is 14.3. The maximum absolute atomic E-state index is 12.3. The highest BCUT2D eigenvalue weighted by atomic mass is 35.5. The highest BCUT2D eigenvalue weighted by molar-refractivity contribution is 8.00. The monoisotopic (exact) mass is 458 g/mol. The summed E-state index contributed by atoms with van der Waals surface area (Å²) in [6.07, 6.45) is 1.70. The Hall–Kier alpha value is -2.95. The van der Waals surface area contributed by atoms with Gasteiger partial charge in [0.15, 0.2) is 4.34 Å². The van der Waals surface area contributed by atoms with Crippen LogP contribution in [0.5, 0.6) is 0 Å². The van der Waals surface area contributed by atoms with Crippen molar-refractivity contribution >= 4 is 57.2 Å². The number of anilines is 2. The number of aromatic nitrogens is 4. The molecular formula is C19H15ClN6O2S2. The number of benzene rings is 1. The summed E-state index contributed by atoms with van der Waals surface area (Å²) < 4.78 is 2.18. The Morgan fingerprint density at radius 2 is 2.00 bits per heavy atom. The van der Waals surface area contributed by atoms with Gasteiger partial charge in [-0.2, -0.15) is 0 Å². The molecule has 4 rings (SSSR count). The summed E-state index contributed by atoms with van der Waals surface area (Å²) in [6.45, 7) is 1.91. The lowest BCUT2D eigenvalue weighted by molar-refractivity contribution is 0.262. The van der Waals surface area contributed by atoms with Gasteiger partial charge in [-0.05, 0) is 42.8 Å². The zero-order valence-electron chi connectivity index (χ0n) is 15.6. The van der Waals surface area contributed by atoms with Gasteiger partial charge in [0.05, 0.1) is 5.69 Å². The van der Waals surface area contributed by atoms with Crippen LogP contribution in [-0.2, 0) is 5.75 Å². The van der Waals surface area contributed by atoms with Crippen LogP contribution in [0, 0.1) is 6.92 Å². The van der Waals surface area contributed by atoms with Gasteiger partial charge in [-0.15, -0.1) is 10.2 Å². The Balaban J connectivity index is 1.38. The molecule has 0 spiro atoms. The van der Waals surface area contributed by atoms with Crippen molar-refractivity contribution in [2.24, 2.45) is 0 Å². The van der Waals surface area contributed by atoms with Crippen LogP contribution < -0.4 is 16.2 Å². The molecule has 3 heterocycles. The molecule has 0 unspecified atom stereocenters. The first kappa shape index (κ1) is 20.3. The van der Waals surface area contributed by atoms with Gasteiger partial charge in [-0.3, -0.25) is 14.5 Å². The van der Waals surface area contributed by atoms with E-state index in [0.29, 0.717) is 37.3 Å². The molecule has 3 aromatic heterocycles. The van der Waals surface area contributed by atoms with Crippen molar-refractivity contribution in [3.8, 4) is 0 Å². The van der Waals surface area contributed by atoms with Gasteiger partial charge in [-0.1, -0.05) is 40.8 Å². The molecule has 0 radical (unpaired) electrons. The third-order valence-corrected chi connectivity index (χ3v) is 6.27. The first-order chi connectivity index (χ1) is 14.5. The van der Waals surface area contributed by atoms with Crippen LogP contribution in [0.1, 0.15) is 11.3 Å². The molecular weight excluding hydrogens is 444 g/mol. The third kappa shape index (κ3) is 4.78. The number of carbonyl (C=O) groups is 1. The fraction of sp³-hybridized carbons (Fsp3) is 0.105. The number of halogens is 1. The minimum absolute atomic E-state index is 0.127. The molecule has 2 amide bonds. The second kappa shape index (κ2) is 8.82. The fourth-order valence-electron chi connectivity index (χ4n) is 2.63. The van der Waals surface area contributed by atoms with Crippen LogP contribution >= 0.6 is 34.7 Å². The van der Waals surface area contributed by atoms with Crippen LogP contribution in [0.15, 0.2) is 57.8 Å². The number of rotatable bonds is 5. The van der Waals surface area contributed by atoms with Crippen LogP contribution in [0.25, 0.3) is 5.65 Å². The highest BCUT2D eigenvalue weighted by Gasteiger charge is 2.11. The van der Waals surface area contributed by atoms with E-state index in [-0.39, 0.29) is 5.56 Å². The zero-order chi connectivity index (χ0) is 21.1. The van der Waals surface area contributed by atoms with E-state index >= 15 is 0 Å². The van der Waals surface area contributed by atoms with Crippen LogP contribution in [0.2, 0.25) is 5.02 Å². The van der Waals surface area contributed by atoms with Gasteiger partial charge >= 0.3 is 6.03 Å². The quantitative estimate of drug-likeness (QED) is 0.338. The molecule has 4 aromatic rings. The van der Waals surface area contributed by atoms with E-state index in [4.69, 9.17) is 11.6 Å². The van der Waals surface area contributed by atoms with Crippen LogP contribution in [0.4, 0.5) is 15.6 Å². The molecule has 0 saturated heterocycles. The molecule has 0 bridgehead atoms. The van der Waals surface area contributed by atoms with Crippen molar-refractivity contribution in [3.05, 3.63) is 75.3 Å². The lowest BCUT2D eigenvalue weighted by Crippen LogP contribution is -2.19. The number of hydrogen-bond donors (Lipinski definition) is 2. The summed E-state index contributed by atoms with van der Waals surface area (Å²) in [5.41, 5.74) is 2.71. The van der Waals surface area contributed by atoms with Crippen molar-refractivity contribution in [3.63, 3.8) is 0 Å². The molecule has 8 nitrogen and oxygen atoms in total. The van der Waals surface area contributed by atoms with E-state index in [2.05, 4.69) is 25.8 Å². The minimum atomic E-state index is -0.426. The summed E-state index contributed by atoms with van der Waals surface area (Å²) in [7, 11) is 0. The average Bonchev–Trinajstić information content (AvgIpc) is 3.16. The number of hydrogen-bond acceptors (Lipinski definition) is 7. The maximum atomic E-state index is 12.3. The first-order valence-electron chi connectivity index (χ1n) is 8.76. The molecule has 0 aliphatic carbocycles. The topological polar surface area (TPSA) is 101 Å². The van der Waals surface area contributed by atoms with Gasteiger partial charge in [0.1, 0.15) is 5.65 Å². The lowest BCUT2D eigenvalue weighted by atomic mass is 10.3. The number of nitrogens with zero attached hydrogens (tertiary/aromatic N) is 4. The first-order valence-corrected chi connectivity index (χ1v) is 10.9. The molecule has 152 valence electrons. The Bertz CT molecular complexity index is 1270. The molecule has 2 N–H and O–H groups in total. The van der Waals surface area contributed by atoms with Gasteiger partial charge in [0.25, 0.3) is 5.56 Å². The molecule has 0 saturated carbocycles. The smallest absolute Gasteiger partial charge is 0.308 e. The maximum Gasteiger partial charge on any atom is 0.325 e. The third-order valence-electron chi connectivity index (χ3n) is 4.01. The summed E-state index contributed by atoms with van der Waals surface area (Å²) in [6, 6.07) is 11.6. The highest BCUT2D eigenvalue weighted by Crippen LogP contribution is 2.28. The van der Waals surface area contributed by atoms with Crippen molar-refractivity contribution in [1.29, 1.82) is 0 Å². The zero-order valence-corrected chi connectivity index (χ0v) is 18.0. The Kier molecular flexibility index (Phi) is 5.98. The Labute approximate surface area is 184 Å². The predicted octanol–water partition coefficient (Wildman–Crippen LogP) is 4.44. The molecule has 0 aliphatic heterocycles. The summed E-state index contributed by atoms with van der Waals surface area (Å²) >= 11 is 8.47. The fourth-order valence-corrected chi connectivity index (χ4v) is 4.40. The van der Waals surface area contributed by atoms with E-state index < -0.39 is 6.03 Å². The number of amides is 2. The lowest BCUT2D eigenvalue weighted by Gasteiger charge is -2.05. The van der Waals surface area contributed by atoms with E-state index in [0.717, 1.165) is 5.56 Å². The molecule has 1 aromatic carbocycles. The van der Waals surface area contributed by atoms with Gasteiger partial charge in [-0.25, -0.2) is 9.78 Å². The molecule has 0 fully saturated rings. The number of pyridine rings is 1. The molecule has 0 aliphatic rings. The Morgan fingerprint density at radius 3 is 2.80 bits per heavy atom. The van der Waals surface area contributed by atoms with E-state index in [1.807, 2.05) is 19.1 Å². The van der Waals surface area contributed by atoms with Crippen molar-refractivity contribution in [1.82, 2.24) is 19.6 Å². The van der Waals surface area contributed by atoms with Crippen molar-refractivity contribution in [2.75, 3.05) is 10.6 Å². The second-order valence-corrected chi connectivity index (χ2v) is 8.85. The normalized spacial score (nSPS) is 10.9. The van der Waals surface area contributed by atoms with Crippen molar-refractivity contribution in [2.45, 2.75) is 17.0 Å².